The van der Waals surface area contributed by atoms with E-state index in [2.05, 4.69) is 29.5 Å². The number of aryl methyl sites for hydroxylation is 2. The van der Waals surface area contributed by atoms with Crippen LogP contribution in [0.5, 0.6) is 0 Å². The second-order valence-corrected chi connectivity index (χ2v) is 15.5. The van der Waals surface area contributed by atoms with Crippen molar-refractivity contribution in [3.8, 4) is 22.4 Å². The van der Waals surface area contributed by atoms with E-state index in [1.165, 1.54) is 29.1 Å². The molecule has 282 valence electrons. The van der Waals surface area contributed by atoms with Crippen molar-refractivity contribution < 1.29 is 32.8 Å². The van der Waals surface area contributed by atoms with E-state index < -0.39 is 23.1 Å². The van der Waals surface area contributed by atoms with Gasteiger partial charge in [0.15, 0.2) is 23.5 Å². The molecule has 12 nitrogen and oxygen atoms in total. The fourth-order valence-electron chi connectivity index (χ4n) is 7.44. The van der Waals surface area contributed by atoms with Gasteiger partial charge in [-0.1, -0.05) is 6.07 Å². The number of aliphatic hydroxyl groups is 1. The van der Waals surface area contributed by atoms with Crippen LogP contribution in [0.1, 0.15) is 65.3 Å². The third-order valence-corrected chi connectivity index (χ3v) is 10.8. The summed E-state index contributed by atoms with van der Waals surface area (Å²) in [6, 6.07) is 7.92. The van der Waals surface area contributed by atoms with Crippen LogP contribution in [-0.2, 0) is 18.4 Å². The van der Waals surface area contributed by atoms with Crippen molar-refractivity contribution in [1.29, 1.82) is 0 Å². The van der Waals surface area contributed by atoms with Crippen molar-refractivity contribution in [3.63, 3.8) is 0 Å². The number of halogens is 2. The normalized spacial score (nSPS) is 17.4. The average molecular weight is 732 g/mol. The van der Waals surface area contributed by atoms with Crippen molar-refractivity contribution in [2.75, 3.05) is 52.1 Å². The Labute approximate surface area is 308 Å². The zero-order chi connectivity index (χ0) is 38.4. The summed E-state index contributed by atoms with van der Waals surface area (Å²) in [5.41, 5.74) is 2.01. The minimum absolute atomic E-state index is 0.0159. The molecule has 2 aliphatic rings. The monoisotopic (exact) mass is 731 g/mol. The molecular formula is C39H49F2N8O4+. The molecule has 2 aromatic carbocycles. The standard InChI is InChI=1S/C39H48F2N8O4/c1-24-21-26(10-11-27(24)37(51)46-16-18-47(19-17-46)38(52)32-9-8-20-49(32,6)7)44-36(50)35-42-23-31(45(35)5)29-13-12-28(33(40)34(29)41)30-22-43-48(25(30)2)15-14-39(3,4)53/h10-13,21-23,32,53H,8-9,14-20H2,1-7H3/p+1. The molecule has 0 radical (unpaired) electrons. The van der Waals surface area contributed by atoms with E-state index in [-0.39, 0.29) is 40.5 Å². The zero-order valence-corrected chi connectivity index (χ0v) is 31.5. The molecule has 1 unspecified atom stereocenters. The van der Waals surface area contributed by atoms with Gasteiger partial charge in [-0.05, 0) is 63.9 Å². The second-order valence-electron chi connectivity index (χ2n) is 15.5. The molecule has 0 aliphatic carbocycles. The molecule has 4 heterocycles. The lowest BCUT2D eigenvalue weighted by atomic mass is 10.0. The number of likely N-dealkylation sites (N-methyl/N-ethyl adjacent to an activating group) is 1. The minimum atomic E-state index is -1.08. The van der Waals surface area contributed by atoms with Gasteiger partial charge in [0.2, 0.25) is 0 Å². The third-order valence-electron chi connectivity index (χ3n) is 10.8. The van der Waals surface area contributed by atoms with Gasteiger partial charge in [-0.2, -0.15) is 5.10 Å². The van der Waals surface area contributed by atoms with E-state index in [0.29, 0.717) is 71.7 Å². The van der Waals surface area contributed by atoms with Gasteiger partial charge in [0.1, 0.15) is 0 Å². The number of quaternary nitrogens is 1. The number of rotatable bonds is 9. The summed E-state index contributed by atoms with van der Waals surface area (Å²) < 4.78 is 34.9. The molecule has 2 aliphatic heterocycles. The maximum atomic E-state index is 15.6. The van der Waals surface area contributed by atoms with Gasteiger partial charge in [0.05, 0.1) is 44.3 Å². The third kappa shape index (κ3) is 7.61. The van der Waals surface area contributed by atoms with E-state index in [9.17, 15) is 19.5 Å². The van der Waals surface area contributed by atoms with Crippen LogP contribution in [0, 0.1) is 25.5 Å². The fourth-order valence-corrected chi connectivity index (χ4v) is 7.44. The van der Waals surface area contributed by atoms with Crippen LogP contribution in [0.25, 0.3) is 22.4 Å². The van der Waals surface area contributed by atoms with Crippen molar-refractivity contribution in [1.82, 2.24) is 29.1 Å². The van der Waals surface area contributed by atoms with Crippen LogP contribution in [0.3, 0.4) is 0 Å². The first kappa shape index (κ1) is 37.8. The number of hydrogen-bond donors (Lipinski definition) is 2. The lowest BCUT2D eigenvalue weighted by Crippen LogP contribution is -2.58. The van der Waals surface area contributed by atoms with Crippen LogP contribution >= 0.6 is 0 Å². The number of amides is 3. The molecule has 4 aromatic rings. The Morgan fingerprint density at radius 3 is 2.26 bits per heavy atom. The Hall–Kier alpha value is -4.95. The van der Waals surface area contributed by atoms with Crippen LogP contribution in [-0.4, -0.2) is 115 Å². The molecule has 0 bridgehead atoms. The molecular weight excluding hydrogens is 682 g/mol. The number of benzene rings is 2. The smallest absolute Gasteiger partial charge is 0.291 e. The SMILES string of the molecule is Cc1cc(NC(=O)c2ncc(-c3ccc(-c4cnn(CCC(C)(C)O)c4C)c(F)c3F)n2C)ccc1C(=O)N1CCN(C(=O)C2CCC[N+]2(C)C)CC1. The van der Waals surface area contributed by atoms with Gasteiger partial charge in [-0.3, -0.25) is 19.1 Å². The van der Waals surface area contributed by atoms with Gasteiger partial charge >= 0.3 is 0 Å². The van der Waals surface area contributed by atoms with Gasteiger partial charge in [-0.15, -0.1) is 0 Å². The number of hydrogen-bond acceptors (Lipinski definition) is 6. The van der Waals surface area contributed by atoms with Crippen molar-refractivity contribution >= 4 is 23.4 Å². The highest BCUT2D eigenvalue weighted by Crippen LogP contribution is 2.33. The Balaban J connectivity index is 1.10. The molecule has 2 N–H and O–H groups in total. The molecule has 6 rings (SSSR count). The number of carbonyl (C=O) groups excluding carboxylic acids is 3. The van der Waals surface area contributed by atoms with Gasteiger partial charge in [0, 0.05) is 86.2 Å². The zero-order valence-electron chi connectivity index (χ0n) is 31.5. The molecule has 2 saturated heterocycles. The first-order chi connectivity index (χ1) is 25.0. The largest absolute Gasteiger partial charge is 0.390 e. The topological polar surface area (TPSA) is 126 Å². The number of aromatic nitrogens is 4. The Morgan fingerprint density at radius 2 is 1.62 bits per heavy atom. The van der Waals surface area contributed by atoms with Crippen molar-refractivity contribution in [2.24, 2.45) is 7.05 Å². The Kier molecular flexibility index (Phi) is 10.3. The van der Waals surface area contributed by atoms with Crippen molar-refractivity contribution in [2.45, 2.75) is 65.1 Å². The molecule has 0 spiro atoms. The minimum Gasteiger partial charge on any atom is -0.390 e. The summed E-state index contributed by atoms with van der Waals surface area (Å²) in [5, 5.41) is 17.2. The van der Waals surface area contributed by atoms with Gasteiger partial charge in [-0.25, -0.2) is 13.8 Å². The number of nitrogens with zero attached hydrogens (tertiary/aromatic N) is 7. The quantitative estimate of drug-likeness (QED) is 0.239. The maximum absolute atomic E-state index is 15.6. The van der Waals surface area contributed by atoms with Gasteiger partial charge < -0.3 is 29.3 Å². The molecule has 1 atom stereocenters. The Bertz CT molecular complexity index is 2060. The predicted octanol–water partition coefficient (Wildman–Crippen LogP) is 4.78. The summed E-state index contributed by atoms with van der Waals surface area (Å²) in [6.07, 6.45) is 5.17. The van der Waals surface area contributed by atoms with E-state index >= 15 is 8.78 Å². The van der Waals surface area contributed by atoms with E-state index in [4.69, 9.17) is 0 Å². The summed E-state index contributed by atoms with van der Waals surface area (Å²) in [6.45, 7) is 10.3. The maximum Gasteiger partial charge on any atom is 0.291 e. The average Bonchev–Trinajstić information content (AvgIpc) is 3.79. The highest BCUT2D eigenvalue weighted by atomic mass is 19.2. The van der Waals surface area contributed by atoms with Crippen molar-refractivity contribution in [3.05, 3.63) is 77.0 Å². The second kappa shape index (κ2) is 14.5. The van der Waals surface area contributed by atoms with E-state index in [1.54, 1.807) is 62.5 Å². The van der Waals surface area contributed by atoms with Crippen LogP contribution in [0.4, 0.5) is 14.5 Å². The summed E-state index contributed by atoms with van der Waals surface area (Å²) in [7, 11) is 5.75. The Morgan fingerprint density at radius 1 is 0.962 bits per heavy atom. The van der Waals surface area contributed by atoms with Gasteiger partial charge in [0.25, 0.3) is 17.7 Å². The lowest BCUT2D eigenvalue weighted by molar-refractivity contribution is -0.893. The highest BCUT2D eigenvalue weighted by molar-refractivity contribution is 6.03. The number of carbonyl (C=O) groups is 3. The van der Waals surface area contributed by atoms with E-state index in [0.717, 1.165) is 19.4 Å². The number of imidazole rings is 1. The highest BCUT2D eigenvalue weighted by Gasteiger charge is 2.42. The van der Waals surface area contributed by atoms with E-state index in [1.807, 2.05) is 4.90 Å². The van der Waals surface area contributed by atoms with Crippen LogP contribution in [0.15, 0.2) is 42.7 Å². The molecule has 0 saturated carbocycles. The lowest BCUT2D eigenvalue weighted by Gasteiger charge is -2.38. The summed E-state index contributed by atoms with van der Waals surface area (Å²) in [5.74, 6) is -2.67. The molecule has 2 aromatic heterocycles. The number of nitrogens with one attached hydrogen (secondary N) is 1. The first-order valence-corrected chi connectivity index (χ1v) is 18.0. The predicted molar refractivity (Wildman–Crippen MR) is 197 cm³/mol. The fraction of sp³-hybridized carbons (Fsp3) is 0.462. The summed E-state index contributed by atoms with van der Waals surface area (Å²) >= 11 is 0. The summed E-state index contributed by atoms with van der Waals surface area (Å²) in [4.78, 5) is 47.9. The molecule has 53 heavy (non-hydrogen) atoms. The molecule has 2 fully saturated rings. The number of anilines is 1. The van der Waals surface area contributed by atoms with Crippen LogP contribution < -0.4 is 5.32 Å². The number of likely N-dealkylation sites (tertiary alicyclic amines) is 1. The van der Waals surface area contributed by atoms with Crippen LogP contribution in [0.2, 0.25) is 0 Å². The first-order valence-electron chi connectivity index (χ1n) is 18.0. The number of piperazine rings is 1. The molecule has 14 heteroatoms. The molecule has 3 amide bonds.